The number of aromatic nitrogens is 2. The summed E-state index contributed by atoms with van der Waals surface area (Å²) in [5.41, 5.74) is 0.983. The van der Waals surface area contributed by atoms with Crippen molar-refractivity contribution in [3.05, 3.63) is 16.6 Å². The molecular weight excluding hydrogens is 272 g/mol. The molecule has 2 aromatic rings. The first kappa shape index (κ1) is 13.6. The van der Waals surface area contributed by atoms with Crippen LogP contribution in [0.4, 0.5) is 0 Å². The molecule has 0 atom stereocenters. The lowest BCUT2D eigenvalue weighted by Gasteiger charge is -2.29. The van der Waals surface area contributed by atoms with Crippen molar-refractivity contribution in [1.82, 2.24) is 20.0 Å². The molecule has 0 aromatic carbocycles. The molecule has 1 fully saturated rings. The summed E-state index contributed by atoms with van der Waals surface area (Å²) in [4.78, 5) is 16.5. The van der Waals surface area contributed by atoms with Gasteiger partial charge < -0.3 is 10.2 Å². The van der Waals surface area contributed by atoms with Gasteiger partial charge in [-0.05, 0) is 46.0 Å². The number of amides is 1. The second-order valence-electron chi connectivity index (χ2n) is 5.59. The van der Waals surface area contributed by atoms with Crippen LogP contribution in [0.1, 0.15) is 28.2 Å². The number of rotatable bonds is 2. The zero-order chi connectivity index (χ0) is 14.3. The Morgan fingerprint density at radius 1 is 1.40 bits per heavy atom. The minimum atomic E-state index is 0.0557. The largest absolute Gasteiger partial charge is 0.349 e. The molecule has 0 spiro atoms. The predicted octanol–water partition coefficient (Wildman–Crippen LogP) is 1.77. The highest BCUT2D eigenvalue weighted by molar-refractivity contribution is 7.20. The molecule has 1 saturated heterocycles. The third-order valence-electron chi connectivity index (χ3n) is 3.97. The third kappa shape index (κ3) is 2.45. The van der Waals surface area contributed by atoms with Gasteiger partial charge in [-0.3, -0.25) is 9.48 Å². The Labute approximate surface area is 122 Å². The number of carbonyl (C=O) groups excluding carboxylic acids is 1. The fraction of sp³-hybridized carbons (Fsp3) is 0.571. The number of hydrogen-bond acceptors (Lipinski definition) is 4. The smallest absolute Gasteiger partial charge is 0.261 e. The molecule has 1 aliphatic rings. The molecule has 6 heteroatoms. The van der Waals surface area contributed by atoms with Crippen LogP contribution in [0.5, 0.6) is 0 Å². The number of hydrogen-bond donors (Lipinski definition) is 1. The second-order valence-corrected chi connectivity index (χ2v) is 6.62. The molecule has 2 aromatic heterocycles. The van der Waals surface area contributed by atoms with Gasteiger partial charge in [-0.15, -0.1) is 11.3 Å². The van der Waals surface area contributed by atoms with Gasteiger partial charge >= 0.3 is 0 Å². The molecule has 0 aliphatic carbocycles. The van der Waals surface area contributed by atoms with Crippen molar-refractivity contribution in [2.24, 2.45) is 7.05 Å². The van der Waals surface area contributed by atoms with Crippen LogP contribution in [0.2, 0.25) is 0 Å². The van der Waals surface area contributed by atoms with E-state index in [2.05, 4.69) is 22.4 Å². The fourth-order valence-corrected chi connectivity index (χ4v) is 3.75. The third-order valence-corrected chi connectivity index (χ3v) is 5.17. The summed E-state index contributed by atoms with van der Waals surface area (Å²) in [7, 11) is 4.05. The minimum Gasteiger partial charge on any atom is -0.349 e. The molecule has 0 saturated carbocycles. The Morgan fingerprint density at radius 3 is 2.75 bits per heavy atom. The Hall–Kier alpha value is -1.40. The summed E-state index contributed by atoms with van der Waals surface area (Å²) in [6.07, 6.45) is 2.07. The van der Waals surface area contributed by atoms with Crippen molar-refractivity contribution in [2.75, 3.05) is 20.1 Å². The number of piperidine rings is 1. The van der Waals surface area contributed by atoms with Gasteiger partial charge in [0.25, 0.3) is 5.91 Å². The topological polar surface area (TPSA) is 50.2 Å². The maximum atomic E-state index is 12.3. The lowest BCUT2D eigenvalue weighted by Crippen LogP contribution is -2.43. The Bertz CT molecular complexity index is 602. The van der Waals surface area contributed by atoms with Gasteiger partial charge in [-0.1, -0.05) is 0 Å². The van der Waals surface area contributed by atoms with Crippen LogP contribution in [0.3, 0.4) is 0 Å². The van der Waals surface area contributed by atoms with E-state index in [9.17, 15) is 4.79 Å². The molecule has 0 bridgehead atoms. The van der Waals surface area contributed by atoms with Gasteiger partial charge in [0.2, 0.25) is 0 Å². The van der Waals surface area contributed by atoms with Crippen LogP contribution in [0.25, 0.3) is 10.2 Å². The minimum absolute atomic E-state index is 0.0557. The second kappa shape index (κ2) is 5.18. The number of nitrogens with zero attached hydrogens (tertiary/aromatic N) is 3. The van der Waals surface area contributed by atoms with Crippen molar-refractivity contribution in [1.29, 1.82) is 0 Å². The lowest BCUT2D eigenvalue weighted by atomic mass is 10.1. The molecule has 3 heterocycles. The Morgan fingerprint density at radius 2 is 2.10 bits per heavy atom. The Balaban J connectivity index is 1.74. The number of carbonyl (C=O) groups is 1. The lowest BCUT2D eigenvalue weighted by molar-refractivity contribution is 0.0921. The van der Waals surface area contributed by atoms with E-state index in [1.165, 1.54) is 11.3 Å². The summed E-state index contributed by atoms with van der Waals surface area (Å²) in [6, 6.07) is 2.27. The predicted molar refractivity (Wildman–Crippen MR) is 81.3 cm³/mol. The number of likely N-dealkylation sites (tertiary alicyclic amines) is 1. The van der Waals surface area contributed by atoms with Crippen LogP contribution in [0.15, 0.2) is 6.07 Å². The first-order valence-electron chi connectivity index (χ1n) is 6.97. The van der Waals surface area contributed by atoms with E-state index in [4.69, 9.17) is 0 Å². The number of aryl methyl sites for hydroxylation is 2. The van der Waals surface area contributed by atoms with Crippen LogP contribution >= 0.6 is 11.3 Å². The maximum absolute atomic E-state index is 12.3. The van der Waals surface area contributed by atoms with E-state index >= 15 is 0 Å². The summed E-state index contributed by atoms with van der Waals surface area (Å²) in [6.45, 7) is 4.09. The van der Waals surface area contributed by atoms with Crippen molar-refractivity contribution in [3.8, 4) is 0 Å². The van der Waals surface area contributed by atoms with Gasteiger partial charge in [-0.2, -0.15) is 5.10 Å². The molecule has 20 heavy (non-hydrogen) atoms. The highest BCUT2D eigenvalue weighted by Gasteiger charge is 2.21. The Kier molecular flexibility index (Phi) is 3.52. The zero-order valence-electron chi connectivity index (χ0n) is 12.1. The standard InChI is InChI=1S/C14H20N4OS/c1-9-11-8-12(20-14(11)18(3)16-9)13(19)15-10-4-6-17(2)7-5-10/h8,10H,4-7H2,1-3H3,(H,15,19). The van der Waals surface area contributed by atoms with Crippen molar-refractivity contribution in [2.45, 2.75) is 25.8 Å². The highest BCUT2D eigenvalue weighted by atomic mass is 32.1. The van der Waals surface area contributed by atoms with E-state index in [-0.39, 0.29) is 5.91 Å². The first-order valence-corrected chi connectivity index (χ1v) is 7.79. The normalized spacial score (nSPS) is 17.8. The molecular formula is C14H20N4OS. The quantitative estimate of drug-likeness (QED) is 0.918. The summed E-state index contributed by atoms with van der Waals surface area (Å²) >= 11 is 1.52. The molecule has 0 unspecified atom stereocenters. The van der Waals surface area contributed by atoms with E-state index in [0.717, 1.165) is 46.7 Å². The van der Waals surface area contributed by atoms with Crippen LogP contribution < -0.4 is 5.32 Å². The van der Waals surface area contributed by atoms with E-state index in [0.29, 0.717) is 6.04 Å². The highest BCUT2D eigenvalue weighted by Crippen LogP contribution is 2.27. The average Bonchev–Trinajstić information content (AvgIpc) is 2.95. The molecule has 3 rings (SSSR count). The fourth-order valence-electron chi connectivity index (χ4n) is 2.73. The van der Waals surface area contributed by atoms with Crippen LogP contribution in [-0.2, 0) is 7.05 Å². The number of fused-ring (bicyclic) bond motifs is 1. The van der Waals surface area contributed by atoms with Gasteiger partial charge in [0, 0.05) is 18.5 Å². The van der Waals surface area contributed by atoms with Crippen molar-refractivity contribution >= 4 is 27.5 Å². The summed E-state index contributed by atoms with van der Waals surface area (Å²) < 4.78 is 1.85. The molecule has 108 valence electrons. The zero-order valence-corrected chi connectivity index (χ0v) is 13.0. The molecule has 0 radical (unpaired) electrons. The van der Waals surface area contributed by atoms with Gasteiger partial charge in [-0.25, -0.2) is 0 Å². The first-order chi connectivity index (χ1) is 9.54. The molecule has 1 aliphatic heterocycles. The number of thiophene rings is 1. The summed E-state index contributed by atoms with van der Waals surface area (Å²) in [5.74, 6) is 0.0557. The van der Waals surface area contributed by atoms with E-state index in [1.807, 2.05) is 24.7 Å². The van der Waals surface area contributed by atoms with Gasteiger partial charge in [0.15, 0.2) is 0 Å². The molecule has 1 amide bonds. The van der Waals surface area contributed by atoms with Crippen LogP contribution in [0, 0.1) is 6.92 Å². The monoisotopic (exact) mass is 292 g/mol. The van der Waals surface area contributed by atoms with Crippen molar-refractivity contribution in [3.63, 3.8) is 0 Å². The molecule has 1 N–H and O–H groups in total. The SMILES string of the molecule is Cc1nn(C)c2sc(C(=O)NC3CCN(C)CC3)cc12. The average molecular weight is 292 g/mol. The van der Waals surface area contributed by atoms with Crippen LogP contribution in [-0.4, -0.2) is 46.8 Å². The van der Waals surface area contributed by atoms with Gasteiger partial charge in [0.1, 0.15) is 4.83 Å². The molecule has 5 nitrogen and oxygen atoms in total. The van der Waals surface area contributed by atoms with Gasteiger partial charge in [0.05, 0.1) is 10.6 Å². The van der Waals surface area contributed by atoms with E-state index < -0.39 is 0 Å². The van der Waals surface area contributed by atoms with E-state index in [1.54, 1.807) is 0 Å². The summed E-state index contributed by atoms with van der Waals surface area (Å²) in [5, 5.41) is 8.61. The maximum Gasteiger partial charge on any atom is 0.261 e. The number of nitrogens with one attached hydrogen (secondary N) is 1. The van der Waals surface area contributed by atoms with Crippen molar-refractivity contribution < 1.29 is 4.79 Å².